The van der Waals surface area contributed by atoms with Crippen molar-refractivity contribution in [2.24, 2.45) is 5.92 Å². The molecule has 2 heteroatoms. The summed E-state index contributed by atoms with van der Waals surface area (Å²) in [4.78, 5) is 0. The van der Waals surface area contributed by atoms with Gasteiger partial charge in [0.1, 0.15) is 0 Å². The SMILES string of the molecule is CC(C)[C@@H]1OCCNC1(C)C. The number of ether oxygens (including phenoxy) is 1. The van der Waals surface area contributed by atoms with Gasteiger partial charge in [-0.05, 0) is 19.8 Å². The number of hydrogen-bond acceptors (Lipinski definition) is 2. The zero-order valence-electron chi connectivity index (χ0n) is 7.98. The molecule has 0 aromatic heterocycles. The fraction of sp³-hybridized carbons (Fsp3) is 1.00. The first-order valence-corrected chi connectivity index (χ1v) is 4.40. The molecule has 1 N–H and O–H groups in total. The molecule has 0 saturated carbocycles. The summed E-state index contributed by atoms with van der Waals surface area (Å²) >= 11 is 0. The molecule has 1 fully saturated rings. The van der Waals surface area contributed by atoms with Crippen LogP contribution >= 0.6 is 0 Å². The molecule has 0 aliphatic carbocycles. The largest absolute Gasteiger partial charge is 0.375 e. The van der Waals surface area contributed by atoms with E-state index in [0.717, 1.165) is 13.2 Å². The van der Waals surface area contributed by atoms with Crippen molar-refractivity contribution in [2.75, 3.05) is 13.2 Å². The van der Waals surface area contributed by atoms with Crippen LogP contribution in [0.15, 0.2) is 0 Å². The minimum atomic E-state index is 0.145. The van der Waals surface area contributed by atoms with Gasteiger partial charge in [-0.3, -0.25) is 0 Å². The van der Waals surface area contributed by atoms with Crippen LogP contribution in [0, 0.1) is 5.92 Å². The molecule has 0 radical (unpaired) electrons. The van der Waals surface area contributed by atoms with E-state index in [1.165, 1.54) is 0 Å². The molecule has 1 saturated heterocycles. The molecule has 66 valence electrons. The second-order valence-corrected chi connectivity index (χ2v) is 4.18. The van der Waals surface area contributed by atoms with Gasteiger partial charge >= 0.3 is 0 Å². The Morgan fingerprint density at radius 1 is 1.45 bits per heavy atom. The van der Waals surface area contributed by atoms with Gasteiger partial charge in [0.2, 0.25) is 0 Å². The van der Waals surface area contributed by atoms with E-state index in [9.17, 15) is 0 Å². The second-order valence-electron chi connectivity index (χ2n) is 4.18. The lowest BCUT2D eigenvalue weighted by molar-refractivity contribution is -0.0618. The zero-order chi connectivity index (χ0) is 8.48. The molecule has 0 amide bonds. The third-order valence-corrected chi connectivity index (χ3v) is 2.30. The second kappa shape index (κ2) is 3.11. The molecule has 0 unspecified atom stereocenters. The Hall–Kier alpha value is -0.0800. The lowest BCUT2D eigenvalue weighted by Gasteiger charge is -2.41. The van der Waals surface area contributed by atoms with E-state index < -0.39 is 0 Å². The van der Waals surface area contributed by atoms with Crippen molar-refractivity contribution in [3.05, 3.63) is 0 Å². The van der Waals surface area contributed by atoms with E-state index >= 15 is 0 Å². The predicted octanol–water partition coefficient (Wildman–Crippen LogP) is 1.41. The quantitative estimate of drug-likeness (QED) is 0.621. The number of rotatable bonds is 1. The fourth-order valence-corrected chi connectivity index (χ4v) is 1.89. The summed E-state index contributed by atoms with van der Waals surface area (Å²) in [5, 5.41) is 3.46. The first kappa shape index (κ1) is 9.01. The standard InChI is InChI=1S/C9H19NO/c1-7(2)8-9(3,4)10-5-6-11-8/h7-8,10H,5-6H2,1-4H3/t8-/m0/s1. The van der Waals surface area contributed by atoms with Gasteiger partial charge in [0.15, 0.2) is 0 Å². The van der Waals surface area contributed by atoms with Gasteiger partial charge in [0.25, 0.3) is 0 Å². The molecule has 1 rings (SSSR count). The summed E-state index contributed by atoms with van der Waals surface area (Å²) in [5.74, 6) is 0.595. The van der Waals surface area contributed by atoms with Crippen LogP contribution in [-0.2, 0) is 4.74 Å². The molecule has 1 heterocycles. The van der Waals surface area contributed by atoms with Gasteiger partial charge in [0.05, 0.1) is 12.7 Å². The van der Waals surface area contributed by atoms with E-state index in [4.69, 9.17) is 4.74 Å². The van der Waals surface area contributed by atoms with Gasteiger partial charge in [-0.15, -0.1) is 0 Å². The molecule has 0 spiro atoms. The van der Waals surface area contributed by atoms with Crippen molar-refractivity contribution in [1.29, 1.82) is 0 Å². The Morgan fingerprint density at radius 3 is 2.45 bits per heavy atom. The van der Waals surface area contributed by atoms with Gasteiger partial charge in [-0.2, -0.15) is 0 Å². The molecule has 1 aliphatic heterocycles. The van der Waals surface area contributed by atoms with Crippen molar-refractivity contribution >= 4 is 0 Å². The molecule has 0 aromatic carbocycles. The summed E-state index contributed by atoms with van der Waals surface area (Å²) in [7, 11) is 0. The monoisotopic (exact) mass is 157 g/mol. The molecule has 2 nitrogen and oxygen atoms in total. The predicted molar refractivity (Wildman–Crippen MR) is 46.7 cm³/mol. The molecule has 1 atom stereocenters. The first-order valence-electron chi connectivity index (χ1n) is 4.40. The number of morpholine rings is 1. The van der Waals surface area contributed by atoms with Crippen LogP contribution in [0.1, 0.15) is 27.7 Å². The van der Waals surface area contributed by atoms with Gasteiger partial charge < -0.3 is 10.1 Å². The van der Waals surface area contributed by atoms with Gasteiger partial charge in [-0.1, -0.05) is 13.8 Å². The van der Waals surface area contributed by atoms with Crippen molar-refractivity contribution in [3.8, 4) is 0 Å². The average Bonchev–Trinajstić information content (AvgIpc) is 1.85. The topological polar surface area (TPSA) is 21.3 Å². The highest BCUT2D eigenvalue weighted by atomic mass is 16.5. The maximum absolute atomic E-state index is 5.69. The van der Waals surface area contributed by atoms with Crippen LogP contribution in [0.5, 0.6) is 0 Å². The smallest absolute Gasteiger partial charge is 0.0774 e. The summed E-state index contributed by atoms with van der Waals surface area (Å²) < 4.78 is 5.69. The third kappa shape index (κ3) is 1.94. The lowest BCUT2D eigenvalue weighted by atomic mass is 9.88. The van der Waals surface area contributed by atoms with Crippen LogP contribution in [0.2, 0.25) is 0 Å². The minimum Gasteiger partial charge on any atom is -0.375 e. The normalized spacial score (nSPS) is 30.8. The molecule has 0 aromatic rings. The van der Waals surface area contributed by atoms with Gasteiger partial charge in [0, 0.05) is 12.1 Å². The number of hydrogen-bond donors (Lipinski definition) is 1. The Kier molecular flexibility index (Phi) is 2.55. The van der Waals surface area contributed by atoms with E-state index in [1.807, 2.05) is 0 Å². The maximum Gasteiger partial charge on any atom is 0.0774 e. The Bertz CT molecular complexity index is 132. The molecular formula is C9H19NO. The zero-order valence-corrected chi connectivity index (χ0v) is 7.98. The highest BCUT2D eigenvalue weighted by Gasteiger charge is 2.34. The van der Waals surface area contributed by atoms with Crippen LogP contribution in [0.3, 0.4) is 0 Å². The summed E-state index contributed by atoms with van der Waals surface area (Å²) in [6, 6.07) is 0. The maximum atomic E-state index is 5.69. The van der Waals surface area contributed by atoms with E-state index in [0.29, 0.717) is 12.0 Å². The highest BCUT2D eigenvalue weighted by Crippen LogP contribution is 2.22. The highest BCUT2D eigenvalue weighted by molar-refractivity contribution is 4.91. The molecule has 1 aliphatic rings. The van der Waals surface area contributed by atoms with E-state index in [1.54, 1.807) is 0 Å². The van der Waals surface area contributed by atoms with Crippen LogP contribution in [-0.4, -0.2) is 24.8 Å². The van der Waals surface area contributed by atoms with E-state index in [2.05, 4.69) is 33.0 Å². The van der Waals surface area contributed by atoms with Crippen molar-refractivity contribution < 1.29 is 4.74 Å². The fourth-order valence-electron chi connectivity index (χ4n) is 1.89. The summed E-state index contributed by atoms with van der Waals surface area (Å²) in [5.41, 5.74) is 0.145. The third-order valence-electron chi connectivity index (χ3n) is 2.30. The Labute approximate surface area is 69.3 Å². The van der Waals surface area contributed by atoms with Gasteiger partial charge in [-0.25, -0.2) is 0 Å². The summed E-state index contributed by atoms with van der Waals surface area (Å²) in [6.45, 7) is 10.7. The van der Waals surface area contributed by atoms with Crippen molar-refractivity contribution in [3.63, 3.8) is 0 Å². The Morgan fingerprint density at radius 2 is 2.09 bits per heavy atom. The molecular weight excluding hydrogens is 138 g/mol. The lowest BCUT2D eigenvalue weighted by Crippen LogP contribution is -2.58. The summed E-state index contributed by atoms with van der Waals surface area (Å²) in [6.07, 6.45) is 0.358. The minimum absolute atomic E-state index is 0.145. The average molecular weight is 157 g/mol. The van der Waals surface area contributed by atoms with Crippen molar-refractivity contribution in [2.45, 2.75) is 39.3 Å². The van der Waals surface area contributed by atoms with Crippen LogP contribution in [0.4, 0.5) is 0 Å². The van der Waals surface area contributed by atoms with Crippen molar-refractivity contribution in [1.82, 2.24) is 5.32 Å². The molecule has 11 heavy (non-hydrogen) atoms. The van der Waals surface area contributed by atoms with Crippen LogP contribution < -0.4 is 5.32 Å². The Balaban J connectivity index is 2.60. The molecule has 0 bridgehead atoms. The van der Waals surface area contributed by atoms with E-state index in [-0.39, 0.29) is 5.54 Å². The first-order chi connectivity index (χ1) is 5.04. The number of nitrogens with one attached hydrogen (secondary N) is 1. The van der Waals surface area contributed by atoms with Crippen LogP contribution in [0.25, 0.3) is 0 Å².